The molecule has 0 fully saturated rings. The Bertz CT molecular complexity index is 371. The molecule has 5 heteroatoms. The molecule has 14 heavy (non-hydrogen) atoms. The molecule has 5 nitrogen and oxygen atoms in total. The lowest BCUT2D eigenvalue weighted by Crippen LogP contribution is -2.39. The molecule has 1 aromatic carbocycles. The summed E-state index contributed by atoms with van der Waals surface area (Å²) in [6.45, 7) is 0. The number of carboxylic acid groups (broad SMARTS) is 1. The Morgan fingerprint density at radius 1 is 1.43 bits per heavy atom. The maximum absolute atomic E-state index is 10.5. The number of aliphatic carboxylic acids is 1. The zero-order valence-corrected chi connectivity index (χ0v) is 7.15. The molecule has 1 heterocycles. The lowest BCUT2D eigenvalue weighted by molar-refractivity contribution is -0.306. The predicted octanol–water partition coefficient (Wildman–Crippen LogP) is -0.816. The molecule has 1 aromatic rings. The van der Waals surface area contributed by atoms with E-state index in [2.05, 4.69) is 5.32 Å². The molecule has 0 amide bonds. The first kappa shape index (κ1) is 8.68. The van der Waals surface area contributed by atoms with Crippen LogP contribution in [0.25, 0.3) is 0 Å². The molecule has 1 atom stereocenters. The van der Waals surface area contributed by atoms with E-state index in [9.17, 15) is 9.90 Å². The Hall–Kier alpha value is -1.91. The maximum Gasteiger partial charge on any atom is 0.159 e. The van der Waals surface area contributed by atoms with E-state index in [1.165, 1.54) is 12.1 Å². The molecule has 0 saturated heterocycles. The number of carbonyl (C=O) groups excluding carboxylic acids is 1. The normalized spacial score (nSPS) is 18.7. The third-order valence-electron chi connectivity index (χ3n) is 2.24. The predicted molar refractivity (Wildman–Crippen MR) is 45.9 cm³/mol. The number of aromatic hydroxyl groups is 2. The van der Waals surface area contributed by atoms with E-state index >= 15 is 0 Å². The Labute approximate surface area is 79.6 Å². The van der Waals surface area contributed by atoms with Gasteiger partial charge in [0.2, 0.25) is 0 Å². The van der Waals surface area contributed by atoms with E-state index in [1.54, 1.807) is 0 Å². The van der Waals surface area contributed by atoms with Crippen LogP contribution in [0.3, 0.4) is 0 Å². The minimum Gasteiger partial charge on any atom is -0.548 e. The van der Waals surface area contributed by atoms with Gasteiger partial charge in [-0.15, -0.1) is 0 Å². The van der Waals surface area contributed by atoms with Crippen molar-refractivity contribution in [1.29, 1.82) is 0 Å². The van der Waals surface area contributed by atoms with Gasteiger partial charge in [-0.3, -0.25) is 0 Å². The summed E-state index contributed by atoms with van der Waals surface area (Å²) in [7, 11) is 0. The minimum absolute atomic E-state index is 0.246. The van der Waals surface area contributed by atoms with E-state index in [1.807, 2.05) is 0 Å². The lowest BCUT2D eigenvalue weighted by Gasteiger charge is -2.11. The average Bonchev–Trinajstić information content (AvgIpc) is 2.48. The molecular weight excluding hydrogens is 186 g/mol. The summed E-state index contributed by atoms with van der Waals surface area (Å²) in [5.74, 6) is -1.71. The number of nitrogens with one attached hydrogen (secondary N) is 1. The lowest BCUT2D eigenvalue weighted by atomic mass is 10.1. The molecule has 74 valence electrons. The van der Waals surface area contributed by atoms with Gasteiger partial charge in [-0.1, -0.05) is 0 Å². The molecule has 1 aliphatic rings. The first-order valence-corrected chi connectivity index (χ1v) is 4.10. The highest BCUT2D eigenvalue weighted by atomic mass is 16.4. The van der Waals surface area contributed by atoms with E-state index in [-0.39, 0.29) is 17.9 Å². The van der Waals surface area contributed by atoms with Gasteiger partial charge >= 0.3 is 0 Å². The molecule has 0 radical (unpaired) electrons. The van der Waals surface area contributed by atoms with E-state index < -0.39 is 12.0 Å². The van der Waals surface area contributed by atoms with Crippen molar-refractivity contribution in [3.05, 3.63) is 17.7 Å². The van der Waals surface area contributed by atoms with Gasteiger partial charge in [0, 0.05) is 18.2 Å². The highest BCUT2D eigenvalue weighted by molar-refractivity contribution is 5.80. The topological polar surface area (TPSA) is 92.6 Å². The smallest absolute Gasteiger partial charge is 0.159 e. The summed E-state index contributed by atoms with van der Waals surface area (Å²) in [6.07, 6.45) is 0.255. The van der Waals surface area contributed by atoms with Gasteiger partial charge in [-0.05, 0) is 11.6 Å². The van der Waals surface area contributed by atoms with Crippen LogP contribution in [0.5, 0.6) is 11.5 Å². The van der Waals surface area contributed by atoms with Crippen LogP contribution in [-0.4, -0.2) is 22.2 Å². The quantitative estimate of drug-likeness (QED) is 0.401. The monoisotopic (exact) mass is 194 g/mol. The van der Waals surface area contributed by atoms with Crippen LogP contribution in [-0.2, 0) is 11.2 Å². The molecule has 0 aliphatic carbocycles. The number of benzene rings is 1. The van der Waals surface area contributed by atoms with Crippen molar-refractivity contribution >= 4 is 11.7 Å². The van der Waals surface area contributed by atoms with Crippen molar-refractivity contribution in [2.45, 2.75) is 12.5 Å². The molecule has 3 N–H and O–H groups in total. The zero-order chi connectivity index (χ0) is 10.3. The van der Waals surface area contributed by atoms with Crippen molar-refractivity contribution in [3.63, 3.8) is 0 Å². The number of carbonyl (C=O) groups is 1. The van der Waals surface area contributed by atoms with E-state index in [0.717, 1.165) is 0 Å². The highest BCUT2D eigenvalue weighted by Crippen LogP contribution is 2.35. The largest absolute Gasteiger partial charge is 0.548 e. The van der Waals surface area contributed by atoms with Gasteiger partial charge in [0.05, 0.1) is 12.0 Å². The number of fused-ring (bicyclic) bond motifs is 1. The van der Waals surface area contributed by atoms with Crippen LogP contribution in [0.15, 0.2) is 12.1 Å². The molecular formula is C9H8NO4-. The summed E-state index contributed by atoms with van der Waals surface area (Å²) in [4.78, 5) is 10.5. The summed E-state index contributed by atoms with van der Waals surface area (Å²) >= 11 is 0. The van der Waals surface area contributed by atoms with Crippen molar-refractivity contribution in [1.82, 2.24) is 0 Å². The third kappa shape index (κ3) is 1.22. The average molecular weight is 194 g/mol. The molecule has 0 saturated carbocycles. The van der Waals surface area contributed by atoms with Crippen LogP contribution in [0.2, 0.25) is 0 Å². The number of phenolic OH excluding ortho intramolecular Hbond substituents is 2. The van der Waals surface area contributed by atoms with Crippen molar-refractivity contribution in [3.8, 4) is 11.5 Å². The highest BCUT2D eigenvalue weighted by Gasteiger charge is 2.22. The molecule has 0 bridgehead atoms. The van der Waals surface area contributed by atoms with Gasteiger partial charge in [0.25, 0.3) is 0 Å². The first-order valence-electron chi connectivity index (χ1n) is 4.10. The third-order valence-corrected chi connectivity index (χ3v) is 2.24. The van der Waals surface area contributed by atoms with Crippen LogP contribution in [0.4, 0.5) is 5.69 Å². The van der Waals surface area contributed by atoms with Gasteiger partial charge in [0.1, 0.15) is 0 Å². The number of anilines is 1. The van der Waals surface area contributed by atoms with Crippen molar-refractivity contribution in [2.75, 3.05) is 5.32 Å². The van der Waals surface area contributed by atoms with Crippen LogP contribution >= 0.6 is 0 Å². The number of hydrogen-bond acceptors (Lipinski definition) is 5. The molecule has 0 spiro atoms. The first-order chi connectivity index (χ1) is 6.58. The fourth-order valence-corrected chi connectivity index (χ4v) is 1.52. The van der Waals surface area contributed by atoms with E-state index in [0.29, 0.717) is 11.3 Å². The fourth-order valence-electron chi connectivity index (χ4n) is 1.52. The second kappa shape index (κ2) is 2.80. The Morgan fingerprint density at radius 2 is 2.07 bits per heavy atom. The van der Waals surface area contributed by atoms with Crippen molar-refractivity contribution in [2.24, 2.45) is 0 Å². The minimum atomic E-state index is -1.19. The number of hydrogen-bond donors (Lipinski definition) is 3. The van der Waals surface area contributed by atoms with Crippen LogP contribution in [0, 0.1) is 0 Å². The summed E-state index contributed by atoms with van der Waals surface area (Å²) in [5, 5.41) is 31.5. The van der Waals surface area contributed by atoms with E-state index in [4.69, 9.17) is 10.2 Å². The fraction of sp³-hybridized carbons (Fsp3) is 0.222. The second-order valence-corrected chi connectivity index (χ2v) is 3.22. The second-order valence-electron chi connectivity index (χ2n) is 3.22. The molecule has 1 unspecified atom stereocenters. The van der Waals surface area contributed by atoms with Crippen LogP contribution in [0.1, 0.15) is 5.56 Å². The van der Waals surface area contributed by atoms with Gasteiger partial charge in [-0.25, -0.2) is 0 Å². The standard InChI is InChI=1S/C9H9NO4/c11-7-2-4-1-6(9(13)14)10-5(4)3-8(7)12/h2-3,6,10-12H,1H2,(H,13,14)/p-1. The number of phenols is 2. The number of rotatable bonds is 1. The Balaban J connectivity index is 2.36. The maximum atomic E-state index is 10.5. The molecule has 0 aromatic heterocycles. The van der Waals surface area contributed by atoms with Gasteiger partial charge < -0.3 is 25.4 Å². The SMILES string of the molecule is O=C([O-])C1Cc2cc(O)c(O)cc2N1. The Morgan fingerprint density at radius 3 is 2.71 bits per heavy atom. The molecule has 2 rings (SSSR count). The van der Waals surface area contributed by atoms with Crippen LogP contribution < -0.4 is 10.4 Å². The van der Waals surface area contributed by atoms with Gasteiger partial charge in [-0.2, -0.15) is 0 Å². The summed E-state index contributed by atoms with van der Waals surface area (Å²) < 4.78 is 0. The van der Waals surface area contributed by atoms with Gasteiger partial charge in [0.15, 0.2) is 11.5 Å². The summed E-state index contributed by atoms with van der Waals surface area (Å²) in [5.41, 5.74) is 1.18. The zero-order valence-electron chi connectivity index (χ0n) is 7.15. The van der Waals surface area contributed by atoms with Crippen molar-refractivity contribution < 1.29 is 20.1 Å². The molecule has 1 aliphatic heterocycles. The number of carboxylic acids is 1. The Kier molecular flexibility index (Phi) is 1.73. The summed E-state index contributed by atoms with van der Waals surface area (Å²) in [6, 6.07) is 1.86.